The van der Waals surface area contributed by atoms with Crippen LogP contribution < -0.4 is 16.2 Å². The van der Waals surface area contributed by atoms with Crippen LogP contribution in [0.1, 0.15) is 38.3 Å². The van der Waals surface area contributed by atoms with E-state index in [-0.39, 0.29) is 29.9 Å². The standard InChI is InChI=1S/C26H28N8O4/c1-4-34-20-12-16(10-11-17(20)22(36)33-34)28-25-27-13-18(23-31-32-24(38-23)26(2,3)37)21(30-25)29-19(14-35)15-8-6-5-7-9-15/h5-13,19,35,37H,4,14H2,1-3H3,(H,33,36)(H2,27,28,29,30)/t19-/m1/s1. The summed E-state index contributed by atoms with van der Waals surface area (Å²) in [5, 5.41) is 38.3. The monoisotopic (exact) mass is 516 g/mol. The highest BCUT2D eigenvalue weighted by atomic mass is 16.4. The molecule has 196 valence electrons. The lowest BCUT2D eigenvalue weighted by Crippen LogP contribution is -2.17. The molecule has 1 atom stereocenters. The van der Waals surface area contributed by atoms with Crippen molar-refractivity contribution in [3.63, 3.8) is 0 Å². The Morgan fingerprint density at radius 2 is 1.95 bits per heavy atom. The maximum Gasteiger partial charge on any atom is 0.271 e. The van der Waals surface area contributed by atoms with Crippen molar-refractivity contribution < 1.29 is 14.6 Å². The number of rotatable bonds is 9. The van der Waals surface area contributed by atoms with E-state index >= 15 is 0 Å². The Bertz CT molecular complexity index is 1620. The third kappa shape index (κ3) is 4.99. The van der Waals surface area contributed by atoms with Crippen LogP contribution >= 0.6 is 0 Å². The molecule has 38 heavy (non-hydrogen) atoms. The third-order valence-electron chi connectivity index (χ3n) is 6.01. The summed E-state index contributed by atoms with van der Waals surface area (Å²) in [6, 6.07) is 14.3. The summed E-state index contributed by atoms with van der Waals surface area (Å²) in [6.45, 7) is 5.45. The number of hydrogen-bond acceptors (Lipinski definition) is 10. The molecule has 0 aliphatic rings. The van der Waals surface area contributed by atoms with Gasteiger partial charge in [0.05, 0.1) is 29.1 Å². The summed E-state index contributed by atoms with van der Waals surface area (Å²) in [4.78, 5) is 21.2. The van der Waals surface area contributed by atoms with Crippen LogP contribution in [0, 0.1) is 0 Å². The Morgan fingerprint density at radius 1 is 1.16 bits per heavy atom. The minimum Gasteiger partial charge on any atom is -0.417 e. The number of anilines is 3. The minimum atomic E-state index is -1.32. The van der Waals surface area contributed by atoms with Gasteiger partial charge in [0.1, 0.15) is 11.4 Å². The quantitative estimate of drug-likeness (QED) is 0.196. The van der Waals surface area contributed by atoms with Crippen LogP contribution in [-0.4, -0.2) is 46.8 Å². The van der Waals surface area contributed by atoms with Crippen LogP contribution in [0.25, 0.3) is 22.4 Å². The van der Waals surface area contributed by atoms with Gasteiger partial charge >= 0.3 is 0 Å². The van der Waals surface area contributed by atoms with Gasteiger partial charge in [-0.2, -0.15) is 4.98 Å². The number of nitrogens with zero attached hydrogens (tertiary/aromatic N) is 5. The van der Waals surface area contributed by atoms with Gasteiger partial charge in [-0.15, -0.1) is 10.2 Å². The molecule has 0 saturated heterocycles. The number of H-pyrrole nitrogens is 1. The first-order chi connectivity index (χ1) is 18.3. The van der Waals surface area contributed by atoms with Crippen LogP contribution in [0.2, 0.25) is 0 Å². The molecular weight excluding hydrogens is 488 g/mol. The molecule has 2 aromatic carbocycles. The van der Waals surface area contributed by atoms with Gasteiger partial charge in [-0.3, -0.25) is 14.6 Å². The SMILES string of the molecule is CCn1[nH]c(=O)c2ccc(Nc3ncc(-c4nnc(C(C)(C)O)o4)c(N[C@H](CO)c4ccccc4)n3)cc21. The Morgan fingerprint density at radius 3 is 2.63 bits per heavy atom. The molecular formula is C26H28N8O4. The zero-order valence-electron chi connectivity index (χ0n) is 21.1. The normalized spacial score (nSPS) is 12.6. The number of aryl methyl sites for hydroxylation is 1. The molecule has 0 amide bonds. The fourth-order valence-electron chi connectivity index (χ4n) is 4.02. The first-order valence-corrected chi connectivity index (χ1v) is 12.1. The van der Waals surface area contributed by atoms with E-state index in [2.05, 4.69) is 35.9 Å². The summed E-state index contributed by atoms with van der Waals surface area (Å²) in [5.41, 5.74) is 1.21. The molecule has 0 bridgehead atoms. The average molecular weight is 517 g/mol. The summed E-state index contributed by atoms with van der Waals surface area (Å²) < 4.78 is 7.48. The van der Waals surface area contributed by atoms with Crippen LogP contribution in [-0.2, 0) is 12.1 Å². The molecule has 0 aliphatic carbocycles. The van der Waals surface area contributed by atoms with Gasteiger partial charge in [0.15, 0.2) is 0 Å². The van der Waals surface area contributed by atoms with E-state index < -0.39 is 11.6 Å². The lowest BCUT2D eigenvalue weighted by molar-refractivity contribution is 0.0488. The van der Waals surface area contributed by atoms with Gasteiger partial charge in [-0.25, -0.2) is 4.98 Å². The maximum atomic E-state index is 12.2. The first-order valence-electron chi connectivity index (χ1n) is 12.1. The van der Waals surface area contributed by atoms with Gasteiger partial charge in [0.2, 0.25) is 11.8 Å². The van der Waals surface area contributed by atoms with Crippen molar-refractivity contribution in [1.29, 1.82) is 0 Å². The predicted octanol–water partition coefficient (Wildman–Crippen LogP) is 3.31. The topological polar surface area (TPSA) is 167 Å². The third-order valence-corrected chi connectivity index (χ3v) is 6.01. The molecule has 0 fully saturated rings. The minimum absolute atomic E-state index is 0.0456. The van der Waals surface area contributed by atoms with Gasteiger partial charge < -0.3 is 25.3 Å². The smallest absolute Gasteiger partial charge is 0.271 e. The van der Waals surface area contributed by atoms with E-state index in [1.807, 2.05) is 43.3 Å². The van der Waals surface area contributed by atoms with Crippen molar-refractivity contribution in [3.8, 4) is 11.5 Å². The van der Waals surface area contributed by atoms with Crippen LogP contribution in [0.3, 0.4) is 0 Å². The number of fused-ring (bicyclic) bond motifs is 1. The fraction of sp³-hybridized carbons (Fsp3) is 0.269. The lowest BCUT2D eigenvalue weighted by Gasteiger charge is -2.19. The second-order valence-corrected chi connectivity index (χ2v) is 9.26. The molecule has 5 rings (SSSR count). The molecule has 5 aromatic rings. The Hall–Kier alpha value is -4.55. The molecule has 3 heterocycles. The van der Waals surface area contributed by atoms with Crippen molar-refractivity contribution in [1.82, 2.24) is 29.9 Å². The molecule has 3 aromatic heterocycles. The number of nitrogens with one attached hydrogen (secondary N) is 3. The lowest BCUT2D eigenvalue weighted by atomic mass is 10.1. The molecule has 5 N–H and O–H groups in total. The summed E-state index contributed by atoms with van der Waals surface area (Å²) in [7, 11) is 0. The number of hydrogen-bond donors (Lipinski definition) is 5. The fourth-order valence-corrected chi connectivity index (χ4v) is 4.02. The number of aromatic nitrogens is 6. The highest BCUT2D eigenvalue weighted by Crippen LogP contribution is 2.31. The van der Waals surface area contributed by atoms with Crippen molar-refractivity contribution in [2.24, 2.45) is 0 Å². The summed E-state index contributed by atoms with van der Waals surface area (Å²) >= 11 is 0. The van der Waals surface area contributed by atoms with Gasteiger partial charge in [0.25, 0.3) is 11.4 Å². The van der Waals surface area contributed by atoms with E-state index in [9.17, 15) is 15.0 Å². The average Bonchev–Trinajstić information content (AvgIpc) is 3.53. The number of aliphatic hydroxyl groups is 2. The molecule has 12 heteroatoms. The van der Waals surface area contributed by atoms with Crippen molar-refractivity contribution in [2.45, 2.75) is 39.0 Å². The van der Waals surface area contributed by atoms with Crippen molar-refractivity contribution in [3.05, 3.63) is 76.5 Å². The van der Waals surface area contributed by atoms with E-state index in [0.717, 1.165) is 11.1 Å². The highest BCUT2D eigenvalue weighted by molar-refractivity contribution is 5.83. The number of benzene rings is 2. The van der Waals surface area contributed by atoms with Crippen LogP contribution in [0.5, 0.6) is 0 Å². The number of aliphatic hydroxyl groups excluding tert-OH is 1. The van der Waals surface area contributed by atoms with E-state index in [0.29, 0.717) is 29.0 Å². The molecule has 0 unspecified atom stereocenters. The van der Waals surface area contributed by atoms with Gasteiger partial charge in [-0.05, 0) is 44.5 Å². The summed E-state index contributed by atoms with van der Waals surface area (Å²) in [5.74, 6) is 0.763. The molecule has 0 saturated carbocycles. The zero-order valence-corrected chi connectivity index (χ0v) is 21.1. The molecule has 0 aliphatic heterocycles. The highest BCUT2D eigenvalue weighted by Gasteiger charge is 2.26. The molecule has 12 nitrogen and oxygen atoms in total. The van der Waals surface area contributed by atoms with Crippen LogP contribution in [0.15, 0.2) is 63.9 Å². The maximum absolute atomic E-state index is 12.2. The predicted molar refractivity (Wildman–Crippen MR) is 142 cm³/mol. The number of aromatic amines is 1. The molecule has 0 radical (unpaired) electrons. The largest absolute Gasteiger partial charge is 0.417 e. The van der Waals surface area contributed by atoms with Crippen molar-refractivity contribution >= 4 is 28.4 Å². The van der Waals surface area contributed by atoms with E-state index in [4.69, 9.17) is 4.42 Å². The van der Waals surface area contributed by atoms with Gasteiger partial charge in [-0.1, -0.05) is 30.3 Å². The summed E-state index contributed by atoms with van der Waals surface area (Å²) in [6.07, 6.45) is 1.52. The van der Waals surface area contributed by atoms with Crippen molar-refractivity contribution in [2.75, 3.05) is 17.2 Å². The Balaban J connectivity index is 1.53. The van der Waals surface area contributed by atoms with Crippen LogP contribution in [0.4, 0.5) is 17.5 Å². The molecule has 0 spiro atoms. The Labute approximate surface area is 217 Å². The Kier molecular flexibility index (Phi) is 6.66. The second-order valence-electron chi connectivity index (χ2n) is 9.26. The van der Waals surface area contributed by atoms with Gasteiger partial charge in [0, 0.05) is 18.4 Å². The van der Waals surface area contributed by atoms with E-state index in [1.54, 1.807) is 30.7 Å². The van der Waals surface area contributed by atoms with E-state index in [1.165, 1.54) is 6.20 Å². The zero-order chi connectivity index (χ0) is 26.9. The first kappa shape index (κ1) is 25.1. The second kappa shape index (κ2) is 10.1.